The number of nitrogens with one attached hydrogen (secondary N) is 1. The molecule has 0 unspecified atom stereocenters. The fourth-order valence-corrected chi connectivity index (χ4v) is 2.95. The van der Waals surface area contributed by atoms with Gasteiger partial charge in [0.1, 0.15) is 5.01 Å². The Kier molecular flexibility index (Phi) is 5.59. The number of hydrogen-bond acceptors (Lipinski definition) is 5. The Morgan fingerprint density at radius 1 is 1.14 bits per heavy atom. The molecule has 0 bridgehead atoms. The van der Waals surface area contributed by atoms with Crippen molar-refractivity contribution in [1.29, 1.82) is 0 Å². The van der Waals surface area contributed by atoms with E-state index >= 15 is 0 Å². The standard InChI is InChI=1S/C16H22N2O2S/c1-5-19-14-7-11(3)12(8-15(14)20-6-2)13-10-21-16(18-13)9-17-4/h7-8,10,17H,5-6,9H2,1-4H3. The molecule has 0 radical (unpaired) electrons. The van der Waals surface area contributed by atoms with Crippen LogP contribution in [-0.4, -0.2) is 25.2 Å². The molecule has 4 nitrogen and oxygen atoms in total. The van der Waals surface area contributed by atoms with Gasteiger partial charge in [0.15, 0.2) is 11.5 Å². The maximum absolute atomic E-state index is 5.70. The van der Waals surface area contributed by atoms with E-state index in [1.807, 2.05) is 33.0 Å². The molecule has 0 atom stereocenters. The molecule has 0 saturated carbocycles. The van der Waals surface area contributed by atoms with Crippen LogP contribution in [0.4, 0.5) is 0 Å². The van der Waals surface area contributed by atoms with Gasteiger partial charge in [-0.05, 0) is 45.5 Å². The third-order valence-corrected chi connectivity index (χ3v) is 3.89. The van der Waals surface area contributed by atoms with Gasteiger partial charge in [0, 0.05) is 17.5 Å². The van der Waals surface area contributed by atoms with Crippen LogP contribution < -0.4 is 14.8 Å². The van der Waals surface area contributed by atoms with Crippen molar-refractivity contribution in [1.82, 2.24) is 10.3 Å². The highest BCUT2D eigenvalue weighted by molar-refractivity contribution is 7.09. The maximum Gasteiger partial charge on any atom is 0.161 e. The molecular formula is C16H22N2O2S. The van der Waals surface area contributed by atoms with Gasteiger partial charge >= 0.3 is 0 Å². The summed E-state index contributed by atoms with van der Waals surface area (Å²) in [7, 11) is 1.93. The minimum Gasteiger partial charge on any atom is -0.490 e. The second-order valence-corrected chi connectivity index (χ2v) is 5.58. The van der Waals surface area contributed by atoms with E-state index in [9.17, 15) is 0 Å². The van der Waals surface area contributed by atoms with Crippen LogP contribution >= 0.6 is 11.3 Å². The second-order valence-electron chi connectivity index (χ2n) is 4.64. The van der Waals surface area contributed by atoms with Crippen molar-refractivity contribution < 1.29 is 9.47 Å². The molecule has 0 amide bonds. The van der Waals surface area contributed by atoms with Crippen molar-refractivity contribution in [3.63, 3.8) is 0 Å². The first-order valence-electron chi connectivity index (χ1n) is 7.19. The summed E-state index contributed by atoms with van der Waals surface area (Å²) in [4.78, 5) is 4.67. The highest BCUT2D eigenvalue weighted by Crippen LogP contribution is 2.36. The molecule has 2 rings (SSSR count). The fraction of sp³-hybridized carbons (Fsp3) is 0.438. The molecule has 1 aromatic carbocycles. The lowest BCUT2D eigenvalue weighted by molar-refractivity contribution is 0.287. The number of aryl methyl sites for hydroxylation is 1. The van der Waals surface area contributed by atoms with Crippen LogP contribution in [0.2, 0.25) is 0 Å². The van der Waals surface area contributed by atoms with Crippen molar-refractivity contribution in [2.24, 2.45) is 0 Å². The summed E-state index contributed by atoms with van der Waals surface area (Å²) in [6, 6.07) is 4.06. The Labute approximate surface area is 130 Å². The number of thiazole rings is 1. The molecule has 0 aliphatic carbocycles. The summed E-state index contributed by atoms with van der Waals surface area (Å²) in [5, 5.41) is 6.29. The average molecular weight is 306 g/mol. The number of rotatable bonds is 7. The summed E-state index contributed by atoms with van der Waals surface area (Å²) in [5.74, 6) is 1.58. The van der Waals surface area contributed by atoms with Gasteiger partial charge in [-0.2, -0.15) is 0 Å². The Morgan fingerprint density at radius 3 is 2.43 bits per heavy atom. The van der Waals surface area contributed by atoms with Crippen LogP contribution in [0.5, 0.6) is 11.5 Å². The van der Waals surface area contributed by atoms with Gasteiger partial charge in [-0.25, -0.2) is 4.98 Å². The van der Waals surface area contributed by atoms with E-state index in [4.69, 9.17) is 9.47 Å². The Balaban J connectivity index is 2.39. The molecular weight excluding hydrogens is 284 g/mol. The van der Waals surface area contributed by atoms with Crippen molar-refractivity contribution in [2.75, 3.05) is 20.3 Å². The monoisotopic (exact) mass is 306 g/mol. The van der Waals surface area contributed by atoms with Gasteiger partial charge in [0.25, 0.3) is 0 Å². The summed E-state index contributed by atoms with van der Waals surface area (Å²) < 4.78 is 11.4. The molecule has 21 heavy (non-hydrogen) atoms. The van der Waals surface area contributed by atoms with Gasteiger partial charge in [0.2, 0.25) is 0 Å². The number of nitrogens with zero attached hydrogens (tertiary/aromatic N) is 1. The number of ether oxygens (including phenoxy) is 2. The van der Waals surface area contributed by atoms with Crippen molar-refractivity contribution in [3.8, 4) is 22.8 Å². The van der Waals surface area contributed by atoms with Gasteiger partial charge in [-0.15, -0.1) is 11.3 Å². The summed E-state index contributed by atoms with van der Waals surface area (Å²) in [6.07, 6.45) is 0. The molecule has 1 heterocycles. The van der Waals surface area contributed by atoms with Crippen LogP contribution in [0, 0.1) is 6.92 Å². The first-order valence-corrected chi connectivity index (χ1v) is 8.07. The lowest BCUT2D eigenvalue weighted by atomic mass is 10.1. The summed E-state index contributed by atoms with van der Waals surface area (Å²) in [6.45, 7) is 8.06. The van der Waals surface area contributed by atoms with E-state index < -0.39 is 0 Å². The quantitative estimate of drug-likeness (QED) is 0.848. The molecule has 0 saturated heterocycles. The normalized spacial score (nSPS) is 10.7. The Morgan fingerprint density at radius 2 is 1.81 bits per heavy atom. The van der Waals surface area contributed by atoms with E-state index in [2.05, 4.69) is 22.6 Å². The van der Waals surface area contributed by atoms with E-state index in [0.29, 0.717) is 13.2 Å². The topological polar surface area (TPSA) is 43.4 Å². The summed E-state index contributed by atoms with van der Waals surface area (Å²) >= 11 is 1.67. The summed E-state index contributed by atoms with van der Waals surface area (Å²) in [5.41, 5.74) is 3.23. The zero-order chi connectivity index (χ0) is 15.2. The van der Waals surface area contributed by atoms with E-state index in [-0.39, 0.29) is 0 Å². The lowest BCUT2D eigenvalue weighted by Gasteiger charge is -2.14. The molecule has 1 aromatic heterocycles. The zero-order valence-electron chi connectivity index (χ0n) is 13.0. The van der Waals surface area contributed by atoms with Crippen molar-refractivity contribution in [3.05, 3.63) is 28.1 Å². The van der Waals surface area contributed by atoms with Crippen LogP contribution in [0.15, 0.2) is 17.5 Å². The van der Waals surface area contributed by atoms with E-state index in [0.717, 1.165) is 39.9 Å². The molecule has 0 aliphatic heterocycles. The molecule has 1 N–H and O–H groups in total. The fourth-order valence-electron chi connectivity index (χ4n) is 2.14. The van der Waals surface area contributed by atoms with Crippen LogP contribution in [0.25, 0.3) is 11.3 Å². The van der Waals surface area contributed by atoms with Crippen molar-refractivity contribution >= 4 is 11.3 Å². The van der Waals surface area contributed by atoms with E-state index in [1.54, 1.807) is 11.3 Å². The molecule has 5 heteroatoms. The first-order chi connectivity index (χ1) is 10.2. The highest BCUT2D eigenvalue weighted by atomic mass is 32.1. The van der Waals surface area contributed by atoms with Gasteiger partial charge in [-0.1, -0.05) is 0 Å². The molecule has 114 valence electrons. The third kappa shape index (κ3) is 3.74. The number of hydrogen-bond donors (Lipinski definition) is 1. The van der Waals surface area contributed by atoms with Crippen LogP contribution in [0.1, 0.15) is 24.4 Å². The second kappa shape index (κ2) is 7.43. The molecule has 0 aliphatic rings. The first kappa shape index (κ1) is 15.8. The smallest absolute Gasteiger partial charge is 0.161 e. The minimum atomic E-state index is 0.616. The van der Waals surface area contributed by atoms with Crippen molar-refractivity contribution in [2.45, 2.75) is 27.3 Å². The van der Waals surface area contributed by atoms with Crippen LogP contribution in [0.3, 0.4) is 0 Å². The molecule has 2 aromatic rings. The lowest BCUT2D eigenvalue weighted by Crippen LogP contribution is -2.04. The molecule has 0 spiro atoms. The SMILES string of the molecule is CCOc1cc(C)c(-c2csc(CNC)n2)cc1OCC. The van der Waals surface area contributed by atoms with Gasteiger partial charge < -0.3 is 14.8 Å². The Bertz CT molecular complexity index is 596. The van der Waals surface area contributed by atoms with Crippen LogP contribution in [-0.2, 0) is 6.54 Å². The van der Waals surface area contributed by atoms with Gasteiger partial charge in [-0.3, -0.25) is 0 Å². The Hall–Kier alpha value is -1.59. The highest BCUT2D eigenvalue weighted by Gasteiger charge is 2.13. The predicted octanol–water partition coefficient (Wildman–Crippen LogP) is 3.64. The zero-order valence-corrected chi connectivity index (χ0v) is 13.8. The van der Waals surface area contributed by atoms with E-state index in [1.165, 1.54) is 0 Å². The minimum absolute atomic E-state index is 0.616. The number of aromatic nitrogens is 1. The predicted molar refractivity (Wildman–Crippen MR) is 87.4 cm³/mol. The average Bonchev–Trinajstić information content (AvgIpc) is 2.91. The number of benzene rings is 1. The largest absolute Gasteiger partial charge is 0.490 e. The molecule has 0 fully saturated rings. The van der Waals surface area contributed by atoms with Gasteiger partial charge in [0.05, 0.1) is 18.9 Å². The maximum atomic E-state index is 5.70. The third-order valence-electron chi connectivity index (χ3n) is 3.05.